The molecule has 0 saturated carbocycles. The Bertz CT molecular complexity index is 714. The Balaban J connectivity index is 1.55. The van der Waals surface area contributed by atoms with Gasteiger partial charge in [-0.15, -0.1) is 0 Å². The van der Waals surface area contributed by atoms with Crippen molar-refractivity contribution in [2.45, 2.75) is 31.7 Å². The van der Waals surface area contributed by atoms with E-state index in [-0.39, 0.29) is 11.8 Å². The molecular formula is C17H20N4O3. The van der Waals surface area contributed by atoms with Gasteiger partial charge < -0.3 is 10.0 Å². The molecule has 24 heavy (non-hydrogen) atoms. The number of likely N-dealkylation sites (tertiary alicyclic amines) is 1. The second kappa shape index (κ2) is 7.25. The first-order chi connectivity index (χ1) is 11.6. The van der Waals surface area contributed by atoms with Gasteiger partial charge in [0.25, 0.3) is 0 Å². The second-order valence-electron chi connectivity index (χ2n) is 5.98. The van der Waals surface area contributed by atoms with Crippen molar-refractivity contribution in [2.75, 3.05) is 13.1 Å². The first-order valence-electron chi connectivity index (χ1n) is 8.07. The number of aromatic carboxylic acids is 1. The van der Waals surface area contributed by atoms with E-state index in [1.165, 1.54) is 6.33 Å². The highest BCUT2D eigenvalue weighted by molar-refractivity contribution is 5.89. The number of benzene rings is 1. The predicted molar refractivity (Wildman–Crippen MR) is 86.6 cm³/mol. The zero-order valence-corrected chi connectivity index (χ0v) is 13.3. The summed E-state index contributed by atoms with van der Waals surface area (Å²) in [6, 6.07) is 7.06. The predicted octanol–water partition coefficient (Wildman–Crippen LogP) is 1.77. The van der Waals surface area contributed by atoms with Crippen molar-refractivity contribution >= 4 is 11.9 Å². The van der Waals surface area contributed by atoms with Gasteiger partial charge in [-0.25, -0.2) is 9.78 Å². The summed E-state index contributed by atoms with van der Waals surface area (Å²) in [6.45, 7) is 1.94. The van der Waals surface area contributed by atoms with E-state index in [2.05, 4.69) is 10.1 Å². The van der Waals surface area contributed by atoms with Gasteiger partial charge in [0.1, 0.15) is 12.7 Å². The Morgan fingerprint density at radius 1 is 1.29 bits per heavy atom. The van der Waals surface area contributed by atoms with Crippen LogP contribution in [0.15, 0.2) is 36.9 Å². The molecule has 1 saturated heterocycles. The molecule has 126 valence electrons. The third kappa shape index (κ3) is 3.61. The standard InChI is InChI=1S/C17H20N4O3/c22-16(6-3-8-21-12-18-11-19-21)20-9-7-13(10-20)14-4-1-2-5-15(14)17(23)24/h1-2,4-5,11-13H,3,6-10H2,(H,23,24)/t13-/m0/s1. The Hall–Kier alpha value is -2.70. The van der Waals surface area contributed by atoms with Gasteiger partial charge in [-0.1, -0.05) is 18.2 Å². The number of carboxylic acid groups (broad SMARTS) is 1. The van der Waals surface area contributed by atoms with E-state index in [0.29, 0.717) is 31.6 Å². The summed E-state index contributed by atoms with van der Waals surface area (Å²) < 4.78 is 1.71. The van der Waals surface area contributed by atoms with Gasteiger partial charge in [-0.3, -0.25) is 9.48 Å². The Morgan fingerprint density at radius 2 is 2.12 bits per heavy atom. The van der Waals surface area contributed by atoms with Crippen LogP contribution in [0.3, 0.4) is 0 Å². The zero-order valence-electron chi connectivity index (χ0n) is 13.3. The van der Waals surface area contributed by atoms with Crippen molar-refractivity contribution < 1.29 is 14.7 Å². The molecule has 1 amide bonds. The van der Waals surface area contributed by atoms with E-state index in [4.69, 9.17) is 0 Å². The molecule has 7 heteroatoms. The summed E-state index contributed by atoms with van der Waals surface area (Å²) in [5.74, 6) is -0.704. The molecule has 1 fully saturated rings. The van der Waals surface area contributed by atoms with Crippen LogP contribution in [0.1, 0.15) is 41.1 Å². The van der Waals surface area contributed by atoms with Gasteiger partial charge in [0.2, 0.25) is 5.91 Å². The largest absolute Gasteiger partial charge is 0.478 e. The van der Waals surface area contributed by atoms with E-state index in [1.54, 1.807) is 23.1 Å². The van der Waals surface area contributed by atoms with Crippen LogP contribution in [-0.2, 0) is 11.3 Å². The number of rotatable bonds is 6. The van der Waals surface area contributed by atoms with Crippen molar-refractivity contribution in [3.8, 4) is 0 Å². The molecule has 1 aromatic heterocycles. The van der Waals surface area contributed by atoms with Gasteiger partial charge in [0, 0.05) is 32.0 Å². The molecule has 0 bridgehead atoms. The van der Waals surface area contributed by atoms with Crippen LogP contribution in [0.4, 0.5) is 0 Å². The first-order valence-corrected chi connectivity index (χ1v) is 8.07. The molecular weight excluding hydrogens is 308 g/mol. The molecule has 2 aromatic rings. The number of hydrogen-bond donors (Lipinski definition) is 1. The zero-order chi connectivity index (χ0) is 16.9. The van der Waals surface area contributed by atoms with Crippen LogP contribution in [0, 0.1) is 0 Å². The Morgan fingerprint density at radius 3 is 2.88 bits per heavy atom. The molecule has 1 N–H and O–H groups in total. The van der Waals surface area contributed by atoms with Crippen molar-refractivity contribution in [3.05, 3.63) is 48.0 Å². The van der Waals surface area contributed by atoms with E-state index in [0.717, 1.165) is 18.4 Å². The normalized spacial score (nSPS) is 17.2. The van der Waals surface area contributed by atoms with Crippen molar-refractivity contribution in [1.29, 1.82) is 0 Å². The third-order valence-corrected chi connectivity index (χ3v) is 4.42. The van der Waals surface area contributed by atoms with Gasteiger partial charge in [-0.05, 0) is 24.5 Å². The highest BCUT2D eigenvalue weighted by atomic mass is 16.4. The lowest BCUT2D eigenvalue weighted by molar-refractivity contribution is -0.130. The van der Waals surface area contributed by atoms with Gasteiger partial charge in [0.15, 0.2) is 0 Å². The lowest BCUT2D eigenvalue weighted by atomic mass is 9.93. The minimum atomic E-state index is -0.914. The molecule has 7 nitrogen and oxygen atoms in total. The average molecular weight is 328 g/mol. The van der Waals surface area contributed by atoms with Crippen LogP contribution in [0.25, 0.3) is 0 Å². The molecule has 3 rings (SSSR count). The number of amides is 1. The molecule has 0 spiro atoms. The molecule has 1 aliphatic rings. The lowest BCUT2D eigenvalue weighted by Gasteiger charge is -2.17. The Kier molecular flexibility index (Phi) is 4.88. The van der Waals surface area contributed by atoms with Crippen LogP contribution < -0.4 is 0 Å². The minimum absolute atomic E-state index is 0.0940. The van der Waals surface area contributed by atoms with Crippen molar-refractivity contribution in [2.24, 2.45) is 0 Å². The van der Waals surface area contributed by atoms with E-state index >= 15 is 0 Å². The number of aryl methyl sites for hydroxylation is 1. The topological polar surface area (TPSA) is 88.3 Å². The van der Waals surface area contributed by atoms with E-state index in [9.17, 15) is 14.7 Å². The molecule has 1 atom stereocenters. The summed E-state index contributed by atoms with van der Waals surface area (Å²) in [5.41, 5.74) is 1.16. The first kappa shape index (κ1) is 16.2. The Labute approximate surface area is 139 Å². The van der Waals surface area contributed by atoms with E-state index in [1.807, 2.05) is 17.0 Å². The highest BCUT2D eigenvalue weighted by Gasteiger charge is 2.29. The minimum Gasteiger partial charge on any atom is -0.478 e. The van der Waals surface area contributed by atoms with Crippen molar-refractivity contribution in [3.63, 3.8) is 0 Å². The lowest BCUT2D eigenvalue weighted by Crippen LogP contribution is -2.28. The summed E-state index contributed by atoms with van der Waals surface area (Å²) in [6.07, 6.45) is 5.10. The summed E-state index contributed by atoms with van der Waals surface area (Å²) in [5, 5.41) is 13.3. The average Bonchev–Trinajstić information content (AvgIpc) is 3.26. The smallest absolute Gasteiger partial charge is 0.335 e. The van der Waals surface area contributed by atoms with Crippen LogP contribution in [0.5, 0.6) is 0 Å². The number of nitrogens with zero attached hydrogens (tertiary/aromatic N) is 4. The van der Waals surface area contributed by atoms with Crippen molar-refractivity contribution in [1.82, 2.24) is 19.7 Å². The quantitative estimate of drug-likeness (QED) is 0.873. The molecule has 1 aromatic carbocycles. The maximum atomic E-state index is 12.3. The van der Waals surface area contributed by atoms with Crippen LogP contribution in [-0.4, -0.2) is 49.7 Å². The van der Waals surface area contributed by atoms with Gasteiger partial charge >= 0.3 is 5.97 Å². The number of carbonyl (C=O) groups excluding carboxylic acids is 1. The summed E-state index contributed by atoms with van der Waals surface area (Å²) in [4.78, 5) is 29.4. The number of carboxylic acids is 1. The molecule has 0 aliphatic carbocycles. The number of hydrogen-bond acceptors (Lipinski definition) is 4. The summed E-state index contributed by atoms with van der Waals surface area (Å²) in [7, 11) is 0. The fourth-order valence-electron chi connectivity index (χ4n) is 3.19. The highest BCUT2D eigenvalue weighted by Crippen LogP contribution is 2.30. The maximum Gasteiger partial charge on any atom is 0.335 e. The third-order valence-electron chi connectivity index (χ3n) is 4.42. The fourth-order valence-corrected chi connectivity index (χ4v) is 3.19. The number of aromatic nitrogens is 3. The maximum absolute atomic E-state index is 12.3. The SMILES string of the molecule is O=C(O)c1ccccc1[C@H]1CCN(C(=O)CCCn2cncn2)C1. The number of carbonyl (C=O) groups is 2. The molecule has 1 aliphatic heterocycles. The van der Waals surface area contributed by atoms with Crippen LogP contribution in [0.2, 0.25) is 0 Å². The second-order valence-corrected chi connectivity index (χ2v) is 5.98. The van der Waals surface area contributed by atoms with Gasteiger partial charge in [0.05, 0.1) is 5.56 Å². The van der Waals surface area contributed by atoms with Gasteiger partial charge in [-0.2, -0.15) is 5.10 Å². The molecule has 0 radical (unpaired) electrons. The molecule has 0 unspecified atom stereocenters. The monoisotopic (exact) mass is 328 g/mol. The summed E-state index contributed by atoms with van der Waals surface area (Å²) >= 11 is 0. The molecule has 2 heterocycles. The van der Waals surface area contributed by atoms with Crippen LogP contribution >= 0.6 is 0 Å². The fraction of sp³-hybridized carbons (Fsp3) is 0.412. The van der Waals surface area contributed by atoms with E-state index < -0.39 is 5.97 Å².